The van der Waals surface area contributed by atoms with Crippen molar-refractivity contribution >= 4 is 21.4 Å². The zero-order valence-electron chi connectivity index (χ0n) is 12.2. The molecule has 3 N–H and O–H groups in total. The van der Waals surface area contributed by atoms with Gasteiger partial charge in [-0.3, -0.25) is 4.72 Å². The van der Waals surface area contributed by atoms with Gasteiger partial charge < -0.3 is 10.5 Å². The summed E-state index contributed by atoms with van der Waals surface area (Å²) < 4.78 is 32.3. The van der Waals surface area contributed by atoms with Gasteiger partial charge in [0, 0.05) is 0 Å². The van der Waals surface area contributed by atoms with E-state index in [0.717, 1.165) is 11.1 Å². The summed E-state index contributed by atoms with van der Waals surface area (Å²) in [5.41, 5.74) is 8.33. The highest BCUT2D eigenvalue weighted by Crippen LogP contribution is 2.26. The minimum absolute atomic E-state index is 0.231. The lowest BCUT2D eigenvalue weighted by atomic mass is 10.2. The Kier molecular flexibility index (Phi) is 4.09. The molecular formula is C15H18N2O3S. The lowest BCUT2D eigenvalue weighted by Crippen LogP contribution is -2.13. The number of nitrogens with one attached hydrogen (secondary N) is 1. The number of benzene rings is 2. The molecule has 112 valence electrons. The first-order chi connectivity index (χ1) is 9.81. The Labute approximate surface area is 124 Å². The SMILES string of the molecule is COc1ccc(NS(=O)(=O)c2cc(C)cc(C)c2)cc1N. The third-order valence-electron chi connectivity index (χ3n) is 2.99. The van der Waals surface area contributed by atoms with Crippen molar-refractivity contribution in [1.82, 2.24) is 0 Å². The number of aryl methyl sites for hydroxylation is 2. The van der Waals surface area contributed by atoms with Gasteiger partial charge in [0.2, 0.25) is 0 Å². The molecule has 0 amide bonds. The first kappa shape index (κ1) is 15.2. The van der Waals surface area contributed by atoms with Gasteiger partial charge in [-0.05, 0) is 55.3 Å². The number of rotatable bonds is 4. The van der Waals surface area contributed by atoms with Crippen LogP contribution in [0.15, 0.2) is 41.3 Å². The molecule has 5 nitrogen and oxygen atoms in total. The Bertz CT molecular complexity index is 750. The number of nitrogens with two attached hydrogens (primary N) is 1. The van der Waals surface area contributed by atoms with Crippen molar-refractivity contribution in [2.75, 3.05) is 17.6 Å². The van der Waals surface area contributed by atoms with Gasteiger partial charge in [0.15, 0.2) is 0 Å². The molecule has 0 aliphatic rings. The highest BCUT2D eigenvalue weighted by molar-refractivity contribution is 7.92. The maximum Gasteiger partial charge on any atom is 0.261 e. The van der Waals surface area contributed by atoms with Crippen molar-refractivity contribution in [3.8, 4) is 5.75 Å². The molecule has 2 aromatic carbocycles. The molecule has 0 bridgehead atoms. The first-order valence-corrected chi connectivity index (χ1v) is 7.85. The molecule has 21 heavy (non-hydrogen) atoms. The smallest absolute Gasteiger partial charge is 0.261 e. The summed E-state index contributed by atoms with van der Waals surface area (Å²) in [7, 11) is -2.14. The van der Waals surface area contributed by atoms with Gasteiger partial charge in [-0.15, -0.1) is 0 Å². The van der Waals surface area contributed by atoms with Gasteiger partial charge in [0.25, 0.3) is 10.0 Å². The molecule has 0 saturated heterocycles. The molecule has 0 fully saturated rings. The zero-order valence-corrected chi connectivity index (χ0v) is 13.0. The van der Waals surface area contributed by atoms with E-state index in [4.69, 9.17) is 10.5 Å². The topological polar surface area (TPSA) is 81.4 Å². The van der Waals surface area contributed by atoms with Gasteiger partial charge in [0.05, 0.1) is 23.4 Å². The second-order valence-corrected chi connectivity index (χ2v) is 6.57. The largest absolute Gasteiger partial charge is 0.495 e. The maximum atomic E-state index is 12.4. The summed E-state index contributed by atoms with van der Waals surface area (Å²) in [6.45, 7) is 3.72. The van der Waals surface area contributed by atoms with Crippen molar-refractivity contribution in [2.24, 2.45) is 0 Å². The zero-order chi connectivity index (χ0) is 15.6. The van der Waals surface area contributed by atoms with Crippen LogP contribution in [0, 0.1) is 13.8 Å². The standard InChI is InChI=1S/C15H18N2O3S/c1-10-6-11(2)8-13(7-10)21(18,19)17-12-4-5-15(20-3)14(16)9-12/h4-9,17H,16H2,1-3H3. The predicted octanol–water partition coefficient (Wildman–Crippen LogP) is 2.70. The fourth-order valence-corrected chi connectivity index (χ4v) is 3.34. The molecule has 0 heterocycles. The van der Waals surface area contributed by atoms with Crippen LogP contribution in [0.3, 0.4) is 0 Å². The molecule has 0 aliphatic heterocycles. The van der Waals surface area contributed by atoms with Gasteiger partial charge >= 0.3 is 0 Å². The summed E-state index contributed by atoms with van der Waals surface area (Å²) in [6.07, 6.45) is 0. The summed E-state index contributed by atoms with van der Waals surface area (Å²) in [5, 5.41) is 0. The number of hydrogen-bond donors (Lipinski definition) is 2. The van der Waals surface area contributed by atoms with E-state index >= 15 is 0 Å². The number of methoxy groups -OCH3 is 1. The van der Waals surface area contributed by atoms with Crippen LogP contribution >= 0.6 is 0 Å². The second kappa shape index (κ2) is 5.65. The third kappa shape index (κ3) is 3.46. The molecule has 0 aliphatic carbocycles. The lowest BCUT2D eigenvalue weighted by Gasteiger charge is -2.11. The average molecular weight is 306 g/mol. The summed E-state index contributed by atoms with van der Waals surface area (Å²) >= 11 is 0. The predicted molar refractivity (Wildman–Crippen MR) is 84.1 cm³/mol. The molecular weight excluding hydrogens is 288 g/mol. The number of anilines is 2. The molecule has 0 radical (unpaired) electrons. The van der Waals surface area contributed by atoms with E-state index in [1.807, 2.05) is 19.9 Å². The molecule has 2 aromatic rings. The summed E-state index contributed by atoms with van der Waals surface area (Å²) in [5.74, 6) is 0.504. The molecule has 0 saturated carbocycles. The van der Waals surface area contributed by atoms with Crippen molar-refractivity contribution in [3.63, 3.8) is 0 Å². The van der Waals surface area contributed by atoms with Crippen molar-refractivity contribution in [2.45, 2.75) is 18.7 Å². The fraction of sp³-hybridized carbons (Fsp3) is 0.200. The van der Waals surface area contributed by atoms with Crippen LogP contribution in [0.2, 0.25) is 0 Å². The molecule has 2 rings (SSSR count). The van der Waals surface area contributed by atoms with Gasteiger partial charge in [-0.1, -0.05) is 6.07 Å². The minimum Gasteiger partial charge on any atom is -0.495 e. The highest BCUT2D eigenvalue weighted by atomic mass is 32.2. The minimum atomic E-state index is -3.64. The summed E-state index contributed by atoms with van der Waals surface area (Å²) in [6, 6.07) is 9.93. The van der Waals surface area contributed by atoms with Gasteiger partial charge in [-0.2, -0.15) is 0 Å². The number of nitrogen functional groups attached to an aromatic ring is 1. The van der Waals surface area contributed by atoms with Crippen LogP contribution in [0.5, 0.6) is 5.75 Å². The Morgan fingerprint density at radius 3 is 2.19 bits per heavy atom. The Morgan fingerprint density at radius 1 is 1.05 bits per heavy atom. The quantitative estimate of drug-likeness (QED) is 0.851. The van der Waals surface area contributed by atoms with Gasteiger partial charge in [-0.25, -0.2) is 8.42 Å². The second-order valence-electron chi connectivity index (χ2n) is 4.89. The molecule has 0 atom stereocenters. The van der Waals surface area contributed by atoms with Crippen LogP contribution in [-0.4, -0.2) is 15.5 Å². The van der Waals surface area contributed by atoms with E-state index in [1.54, 1.807) is 24.3 Å². The van der Waals surface area contributed by atoms with E-state index in [1.165, 1.54) is 13.2 Å². The number of sulfonamides is 1. The summed E-state index contributed by atoms with van der Waals surface area (Å²) in [4.78, 5) is 0.231. The fourth-order valence-electron chi connectivity index (χ4n) is 2.10. The van der Waals surface area contributed by atoms with Crippen LogP contribution in [0.1, 0.15) is 11.1 Å². The van der Waals surface area contributed by atoms with Crippen LogP contribution in [0.4, 0.5) is 11.4 Å². The van der Waals surface area contributed by atoms with E-state index in [0.29, 0.717) is 17.1 Å². The number of ether oxygens (including phenoxy) is 1. The monoisotopic (exact) mass is 306 g/mol. The highest BCUT2D eigenvalue weighted by Gasteiger charge is 2.15. The third-order valence-corrected chi connectivity index (χ3v) is 4.35. The molecule has 0 spiro atoms. The van der Waals surface area contributed by atoms with Crippen LogP contribution in [-0.2, 0) is 10.0 Å². The molecule has 0 unspecified atom stereocenters. The van der Waals surface area contributed by atoms with Crippen LogP contribution in [0.25, 0.3) is 0 Å². The van der Waals surface area contributed by atoms with E-state index in [9.17, 15) is 8.42 Å². The lowest BCUT2D eigenvalue weighted by molar-refractivity contribution is 0.417. The van der Waals surface area contributed by atoms with Crippen molar-refractivity contribution < 1.29 is 13.2 Å². The van der Waals surface area contributed by atoms with E-state index < -0.39 is 10.0 Å². The van der Waals surface area contributed by atoms with Crippen LogP contribution < -0.4 is 15.2 Å². The van der Waals surface area contributed by atoms with E-state index in [-0.39, 0.29) is 4.90 Å². The maximum absolute atomic E-state index is 12.4. The first-order valence-electron chi connectivity index (χ1n) is 6.36. The Morgan fingerprint density at radius 2 is 1.67 bits per heavy atom. The normalized spacial score (nSPS) is 11.2. The molecule has 0 aromatic heterocycles. The number of hydrogen-bond acceptors (Lipinski definition) is 4. The van der Waals surface area contributed by atoms with Crippen molar-refractivity contribution in [3.05, 3.63) is 47.5 Å². The average Bonchev–Trinajstić information content (AvgIpc) is 2.37. The van der Waals surface area contributed by atoms with Gasteiger partial charge in [0.1, 0.15) is 5.75 Å². The van der Waals surface area contributed by atoms with Crippen molar-refractivity contribution in [1.29, 1.82) is 0 Å². The Balaban J connectivity index is 2.35. The Hall–Kier alpha value is -2.21. The molecule has 6 heteroatoms. The van der Waals surface area contributed by atoms with E-state index in [2.05, 4.69) is 4.72 Å².